The van der Waals surface area contributed by atoms with E-state index in [-0.39, 0.29) is 17.5 Å². The molecule has 6 heteroatoms. The number of nitrogens with zero attached hydrogens (tertiary/aromatic N) is 4. The molecule has 1 amide bonds. The summed E-state index contributed by atoms with van der Waals surface area (Å²) in [7, 11) is 1.82. The van der Waals surface area contributed by atoms with E-state index in [2.05, 4.69) is 11.9 Å². The molecule has 0 bridgehead atoms. The van der Waals surface area contributed by atoms with Crippen LogP contribution >= 0.6 is 0 Å². The van der Waals surface area contributed by atoms with Gasteiger partial charge in [-0.1, -0.05) is 13.0 Å². The van der Waals surface area contributed by atoms with Crippen molar-refractivity contribution in [1.82, 2.24) is 18.9 Å². The van der Waals surface area contributed by atoms with E-state index in [1.54, 1.807) is 21.2 Å². The molecule has 1 unspecified atom stereocenters. The fourth-order valence-corrected chi connectivity index (χ4v) is 4.07. The first-order valence-corrected chi connectivity index (χ1v) is 9.31. The molecule has 0 saturated carbocycles. The summed E-state index contributed by atoms with van der Waals surface area (Å²) in [6.45, 7) is 4.84. The zero-order valence-electron chi connectivity index (χ0n) is 15.5. The highest BCUT2D eigenvalue weighted by Crippen LogP contribution is 2.24. The third-order valence-corrected chi connectivity index (χ3v) is 5.60. The van der Waals surface area contributed by atoms with Crippen molar-refractivity contribution in [2.45, 2.75) is 45.6 Å². The summed E-state index contributed by atoms with van der Waals surface area (Å²) >= 11 is 0. The van der Waals surface area contributed by atoms with Crippen molar-refractivity contribution in [3.63, 3.8) is 0 Å². The highest BCUT2D eigenvalue weighted by atomic mass is 16.2. The maximum absolute atomic E-state index is 13.2. The van der Waals surface area contributed by atoms with Gasteiger partial charge in [-0.05, 0) is 50.3 Å². The maximum atomic E-state index is 13.2. The van der Waals surface area contributed by atoms with Crippen LogP contribution in [-0.2, 0) is 7.05 Å². The van der Waals surface area contributed by atoms with Crippen LogP contribution in [0.4, 0.5) is 0 Å². The van der Waals surface area contributed by atoms with Crippen LogP contribution in [0.5, 0.6) is 0 Å². The smallest absolute Gasteiger partial charge is 0.270 e. The average molecular weight is 352 g/mol. The van der Waals surface area contributed by atoms with Gasteiger partial charge in [-0.15, -0.1) is 0 Å². The van der Waals surface area contributed by atoms with Crippen LogP contribution in [0.15, 0.2) is 29.2 Å². The van der Waals surface area contributed by atoms with Crippen molar-refractivity contribution in [2.24, 2.45) is 7.05 Å². The third-order valence-electron chi connectivity index (χ3n) is 5.60. The Hall–Kier alpha value is -2.63. The quantitative estimate of drug-likeness (QED) is 0.712. The molecule has 6 nitrogen and oxygen atoms in total. The summed E-state index contributed by atoms with van der Waals surface area (Å²) in [4.78, 5) is 32.8. The van der Waals surface area contributed by atoms with Crippen molar-refractivity contribution in [3.8, 4) is 0 Å². The Labute approximate surface area is 152 Å². The normalized spacial score (nSPS) is 18.0. The minimum Gasteiger partial charge on any atom is -0.334 e. The number of carbonyl (C=O) groups excluding carboxylic acids is 1. The number of rotatable bonds is 2. The Morgan fingerprint density at radius 3 is 2.88 bits per heavy atom. The van der Waals surface area contributed by atoms with Crippen LogP contribution in [0.3, 0.4) is 0 Å². The van der Waals surface area contributed by atoms with E-state index in [0.29, 0.717) is 22.4 Å². The number of hydrogen-bond acceptors (Lipinski definition) is 3. The largest absolute Gasteiger partial charge is 0.334 e. The fraction of sp³-hybridized carbons (Fsp3) is 0.450. The highest BCUT2D eigenvalue weighted by molar-refractivity contribution is 5.98. The summed E-state index contributed by atoms with van der Waals surface area (Å²) in [5.41, 5.74) is 2.54. The molecule has 0 radical (unpaired) electrons. The van der Waals surface area contributed by atoms with E-state index < -0.39 is 0 Å². The van der Waals surface area contributed by atoms with E-state index in [4.69, 9.17) is 0 Å². The Balaban J connectivity index is 1.89. The Kier molecular flexibility index (Phi) is 4.05. The second kappa shape index (κ2) is 6.27. The lowest BCUT2D eigenvalue weighted by Gasteiger charge is -2.35. The summed E-state index contributed by atoms with van der Waals surface area (Å²) in [6, 6.07) is 5.77. The minimum absolute atomic E-state index is 0.00206. The summed E-state index contributed by atoms with van der Waals surface area (Å²) in [5, 5.41) is 0.490. The molecule has 1 aliphatic heterocycles. The van der Waals surface area contributed by atoms with Gasteiger partial charge in [-0.3, -0.25) is 14.0 Å². The number of hydrogen-bond donors (Lipinski definition) is 0. The van der Waals surface area contributed by atoms with Crippen LogP contribution in [0.25, 0.3) is 16.7 Å². The molecule has 0 spiro atoms. The molecule has 0 aromatic carbocycles. The Morgan fingerprint density at radius 1 is 1.31 bits per heavy atom. The van der Waals surface area contributed by atoms with Crippen molar-refractivity contribution < 1.29 is 4.79 Å². The number of likely N-dealkylation sites (tertiary alicyclic amines) is 1. The first-order chi connectivity index (χ1) is 12.5. The van der Waals surface area contributed by atoms with E-state index in [1.807, 2.05) is 31.0 Å². The molecule has 4 rings (SSSR count). The molecule has 0 N–H and O–H groups in total. The van der Waals surface area contributed by atoms with Crippen molar-refractivity contribution >= 4 is 22.6 Å². The molecule has 3 aromatic heterocycles. The molecule has 3 aromatic rings. The van der Waals surface area contributed by atoms with Gasteiger partial charge in [-0.25, -0.2) is 4.98 Å². The van der Waals surface area contributed by atoms with Gasteiger partial charge in [0.25, 0.3) is 11.5 Å². The number of fused-ring (bicyclic) bond motifs is 2. The molecule has 0 aliphatic carbocycles. The second-order valence-electron chi connectivity index (χ2n) is 7.18. The molecular formula is C20H24N4O2. The van der Waals surface area contributed by atoms with Gasteiger partial charge in [0.1, 0.15) is 17.0 Å². The third kappa shape index (κ3) is 2.43. The average Bonchev–Trinajstić information content (AvgIpc) is 2.99. The van der Waals surface area contributed by atoms with Crippen molar-refractivity contribution in [3.05, 3.63) is 46.0 Å². The number of aryl methyl sites for hydroxylation is 2. The fourth-order valence-electron chi connectivity index (χ4n) is 4.07. The molecule has 136 valence electrons. The SMILES string of the molecule is CCC1CCCCN1C(=O)c1cc2c(=O)n3cccc(C)c3nc2n1C. The number of aromatic nitrogens is 3. The first-order valence-electron chi connectivity index (χ1n) is 9.31. The van der Waals surface area contributed by atoms with Crippen LogP contribution in [0.2, 0.25) is 0 Å². The molecule has 26 heavy (non-hydrogen) atoms. The minimum atomic E-state index is -0.131. The maximum Gasteiger partial charge on any atom is 0.270 e. The predicted molar refractivity (Wildman–Crippen MR) is 102 cm³/mol. The molecule has 1 saturated heterocycles. The van der Waals surface area contributed by atoms with Gasteiger partial charge in [0, 0.05) is 25.8 Å². The molecular weight excluding hydrogens is 328 g/mol. The van der Waals surface area contributed by atoms with Gasteiger partial charge in [0.15, 0.2) is 0 Å². The van der Waals surface area contributed by atoms with Crippen LogP contribution in [-0.4, -0.2) is 37.3 Å². The monoisotopic (exact) mass is 352 g/mol. The van der Waals surface area contributed by atoms with Gasteiger partial charge in [-0.2, -0.15) is 0 Å². The number of pyridine rings is 1. The summed E-state index contributed by atoms with van der Waals surface area (Å²) in [6.07, 6.45) is 5.94. The van der Waals surface area contributed by atoms with Gasteiger partial charge >= 0.3 is 0 Å². The Morgan fingerprint density at radius 2 is 2.12 bits per heavy atom. The van der Waals surface area contributed by atoms with Crippen molar-refractivity contribution in [1.29, 1.82) is 0 Å². The number of carbonyl (C=O) groups is 1. The lowest BCUT2D eigenvalue weighted by molar-refractivity contribution is 0.0598. The van der Waals surface area contributed by atoms with E-state index in [1.165, 1.54) is 6.42 Å². The lowest BCUT2D eigenvalue weighted by atomic mass is 9.99. The van der Waals surface area contributed by atoms with Crippen molar-refractivity contribution in [2.75, 3.05) is 6.54 Å². The molecule has 1 fully saturated rings. The standard InChI is InChI=1S/C20H24N4O2/c1-4-14-9-5-6-10-23(14)20(26)16-12-15-18(22(16)3)21-17-13(2)8-7-11-24(17)19(15)25/h7-8,11-12,14H,4-6,9-10H2,1-3H3. The van der Waals surface area contributed by atoms with Crippen LogP contribution in [0.1, 0.15) is 48.7 Å². The Bertz CT molecular complexity index is 1060. The van der Waals surface area contributed by atoms with Gasteiger partial charge < -0.3 is 9.47 Å². The zero-order chi connectivity index (χ0) is 18.4. The second-order valence-corrected chi connectivity index (χ2v) is 7.18. The van der Waals surface area contributed by atoms with Crippen LogP contribution < -0.4 is 5.56 Å². The summed E-state index contributed by atoms with van der Waals surface area (Å²) < 4.78 is 3.33. The zero-order valence-corrected chi connectivity index (χ0v) is 15.5. The molecule has 1 aliphatic rings. The number of piperidine rings is 1. The van der Waals surface area contributed by atoms with Gasteiger partial charge in [0.05, 0.1) is 5.39 Å². The number of amides is 1. The topological polar surface area (TPSA) is 59.6 Å². The highest BCUT2D eigenvalue weighted by Gasteiger charge is 2.29. The predicted octanol–water partition coefficient (Wildman–Crippen LogP) is 2.90. The molecule has 4 heterocycles. The van der Waals surface area contributed by atoms with E-state index in [9.17, 15) is 9.59 Å². The lowest BCUT2D eigenvalue weighted by Crippen LogP contribution is -2.43. The summed E-state index contributed by atoms with van der Waals surface area (Å²) in [5.74, 6) is 0.00206. The first kappa shape index (κ1) is 16.8. The van der Waals surface area contributed by atoms with E-state index >= 15 is 0 Å². The molecule has 1 atom stereocenters. The van der Waals surface area contributed by atoms with Crippen LogP contribution in [0, 0.1) is 6.92 Å². The van der Waals surface area contributed by atoms with E-state index in [0.717, 1.165) is 31.4 Å². The van der Waals surface area contributed by atoms with Gasteiger partial charge in [0.2, 0.25) is 0 Å².